The van der Waals surface area contributed by atoms with Crippen LogP contribution in [0.4, 0.5) is 39.3 Å². The largest absolute Gasteiger partial charge is 0.497 e. The van der Waals surface area contributed by atoms with E-state index in [-0.39, 0.29) is 60.7 Å². The summed E-state index contributed by atoms with van der Waals surface area (Å²) in [6.45, 7) is 6.21. The molecule has 4 aliphatic heterocycles. The van der Waals surface area contributed by atoms with Crippen molar-refractivity contribution in [2.45, 2.75) is 64.6 Å². The van der Waals surface area contributed by atoms with E-state index in [4.69, 9.17) is 19.2 Å². The molecule has 21 nitrogen and oxygen atoms in total. The van der Waals surface area contributed by atoms with Crippen LogP contribution in [0.3, 0.4) is 0 Å². The number of anilines is 6. The number of nitrogens with zero attached hydrogens (tertiary/aromatic N) is 7. The average molecular weight is 1020 g/mol. The van der Waals surface area contributed by atoms with Crippen molar-refractivity contribution >= 4 is 76.0 Å². The van der Waals surface area contributed by atoms with Crippen LogP contribution in [0.5, 0.6) is 17.2 Å². The normalized spacial score (nSPS) is 16.6. The number of ether oxygens (including phenoxy) is 3. The number of benzene rings is 4. The second kappa shape index (κ2) is 23.1. The van der Waals surface area contributed by atoms with Crippen molar-refractivity contribution in [3.05, 3.63) is 113 Å². The van der Waals surface area contributed by atoms with Crippen LogP contribution in [0.1, 0.15) is 77.3 Å². The Bertz CT molecular complexity index is 2960. The van der Waals surface area contributed by atoms with E-state index in [2.05, 4.69) is 36.1 Å². The average Bonchev–Trinajstić information content (AvgIpc) is 3.68. The van der Waals surface area contributed by atoms with Gasteiger partial charge >= 0.3 is 6.03 Å². The topological polar surface area (TPSA) is 237 Å². The summed E-state index contributed by atoms with van der Waals surface area (Å²) in [7, 11) is 3.11. The van der Waals surface area contributed by atoms with Gasteiger partial charge in [-0.15, -0.1) is 0 Å². The third-order valence-corrected chi connectivity index (χ3v) is 13.5. The summed E-state index contributed by atoms with van der Waals surface area (Å²) < 4.78 is 17.0. The molecule has 0 saturated carbocycles. The quantitative estimate of drug-likeness (QED) is 0.0547. The molecule has 5 heterocycles. The summed E-state index contributed by atoms with van der Waals surface area (Å²) in [6.07, 6.45) is 4.35. The Labute approximate surface area is 433 Å². The number of methoxy groups -OCH3 is 2. The third kappa shape index (κ3) is 11.8. The van der Waals surface area contributed by atoms with Crippen LogP contribution in [0.25, 0.3) is 0 Å². The van der Waals surface area contributed by atoms with Gasteiger partial charge in [0.2, 0.25) is 29.6 Å². The molecule has 0 radical (unpaired) electrons. The number of urea groups is 1. The summed E-state index contributed by atoms with van der Waals surface area (Å²) in [5.41, 5.74) is 4.90. The van der Waals surface area contributed by atoms with Crippen molar-refractivity contribution in [2.24, 2.45) is 0 Å². The highest BCUT2D eigenvalue weighted by molar-refractivity contribution is 6.24. The molecule has 390 valence electrons. The highest BCUT2D eigenvalue weighted by Gasteiger charge is 2.46. The standard InChI is InChI=1S/C54H59N11O10/c1-4-45(66)57-36-13-11-34(12-14-36)31-64-49-35(32-63(54(64)72)39-27-40(73-2)29-41(28-39)74-3)30-56-53(60-49)58-37-15-17-38(18-16-37)62-24-22-61(23-25-62)33-47(68)55-21-6-5-7-26-75-44-10-8-9-42-48(44)52(71)65(51(42)70)43-19-20-46(67)59-50(43)69/h8-18,27-30,43H,4-7,19-26,31-33H2,1-3H3,(H,55,68)(H,57,66)(H,56,58,60)(H,59,67,69). The second-order valence-corrected chi connectivity index (χ2v) is 18.5. The van der Waals surface area contributed by atoms with Gasteiger partial charge in [-0.1, -0.05) is 25.1 Å². The Kier molecular flexibility index (Phi) is 15.8. The lowest BCUT2D eigenvalue weighted by molar-refractivity contribution is -0.136. The lowest BCUT2D eigenvalue weighted by Gasteiger charge is -2.36. The Morgan fingerprint density at radius 3 is 2.24 bits per heavy atom. The first-order valence-corrected chi connectivity index (χ1v) is 25.0. The predicted molar refractivity (Wildman–Crippen MR) is 279 cm³/mol. The Hall–Kier alpha value is -8.59. The minimum absolute atomic E-state index is 0.0420. The van der Waals surface area contributed by atoms with Gasteiger partial charge < -0.3 is 35.1 Å². The highest BCUT2D eigenvalue weighted by atomic mass is 16.5. The molecule has 21 heteroatoms. The van der Waals surface area contributed by atoms with Crippen molar-refractivity contribution < 1.29 is 47.8 Å². The third-order valence-electron chi connectivity index (χ3n) is 13.5. The van der Waals surface area contributed by atoms with E-state index in [0.29, 0.717) is 80.3 Å². The lowest BCUT2D eigenvalue weighted by atomic mass is 10.0. The van der Waals surface area contributed by atoms with Gasteiger partial charge in [0.1, 0.15) is 29.1 Å². The molecule has 1 aromatic heterocycles. The van der Waals surface area contributed by atoms with Gasteiger partial charge in [-0.05, 0) is 79.8 Å². The monoisotopic (exact) mass is 1020 g/mol. The van der Waals surface area contributed by atoms with Crippen LogP contribution < -0.4 is 50.2 Å². The Morgan fingerprint density at radius 2 is 1.53 bits per heavy atom. The number of amides is 8. The van der Waals surface area contributed by atoms with E-state index >= 15 is 0 Å². The van der Waals surface area contributed by atoms with E-state index in [1.807, 2.05) is 48.5 Å². The number of piperazine rings is 1. The van der Waals surface area contributed by atoms with Gasteiger partial charge in [0, 0.05) is 92.6 Å². The molecule has 0 bridgehead atoms. The number of hydrogen-bond acceptors (Lipinski definition) is 15. The summed E-state index contributed by atoms with van der Waals surface area (Å²) in [6, 6.07) is 24.1. The zero-order valence-corrected chi connectivity index (χ0v) is 42.1. The van der Waals surface area contributed by atoms with E-state index in [1.165, 1.54) is 6.07 Å². The molecule has 4 N–H and O–H groups in total. The van der Waals surface area contributed by atoms with Gasteiger partial charge in [0.05, 0.1) is 57.3 Å². The SMILES string of the molecule is CCC(=O)Nc1ccc(CN2C(=O)N(c3cc(OC)cc(OC)c3)Cc3cnc(Nc4ccc(N5CCN(CC(=O)NCCCCCOc6cccc7c6C(=O)N(C6CCC(=O)NC6=O)C7=O)CC5)cc4)nc32)cc1. The molecule has 0 spiro atoms. The molecule has 5 aromatic rings. The molecule has 2 fully saturated rings. The first kappa shape index (κ1) is 51.3. The fraction of sp³-hybridized carbons (Fsp3) is 0.352. The number of nitrogens with one attached hydrogen (secondary N) is 4. The number of carbonyl (C=O) groups excluding carboxylic acids is 7. The number of unbranched alkanes of at least 4 members (excludes halogenated alkanes) is 2. The number of fused-ring (bicyclic) bond motifs is 2. The van der Waals surface area contributed by atoms with Crippen molar-refractivity contribution in [2.75, 3.05) is 85.4 Å². The minimum atomic E-state index is -1.05. The molecular formula is C54H59N11O10. The van der Waals surface area contributed by atoms with Crippen LogP contribution in [0.15, 0.2) is 91.1 Å². The molecule has 2 saturated heterocycles. The maximum Gasteiger partial charge on any atom is 0.330 e. The molecule has 75 heavy (non-hydrogen) atoms. The number of hydrogen-bond donors (Lipinski definition) is 4. The van der Waals surface area contributed by atoms with Gasteiger partial charge in [-0.3, -0.25) is 53.7 Å². The van der Waals surface area contributed by atoms with E-state index in [0.717, 1.165) is 53.3 Å². The van der Waals surface area contributed by atoms with Gasteiger partial charge in [-0.2, -0.15) is 4.98 Å². The smallest absolute Gasteiger partial charge is 0.330 e. The number of imide groups is 2. The Balaban J connectivity index is 0.732. The molecule has 1 unspecified atom stereocenters. The molecule has 8 amide bonds. The van der Waals surface area contributed by atoms with Crippen molar-refractivity contribution in [1.29, 1.82) is 0 Å². The lowest BCUT2D eigenvalue weighted by Crippen LogP contribution is -2.54. The van der Waals surface area contributed by atoms with Gasteiger partial charge in [0.25, 0.3) is 11.8 Å². The van der Waals surface area contributed by atoms with E-state index in [1.54, 1.807) is 67.5 Å². The predicted octanol–water partition coefficient (Wildman–Crippen LogP) is 5.62. The van der Waals surface area contributed by atoms with Crippen LogP contribution in [-0.2, 0) is 32.3 Å². The minimum Gasteiger partial charge on any atom is -0.497 e. The van der Waals surface area contributed by atoms with Crippen molar-refractivity contribution in [3.63, 3.8) is 0 Å². The zero-order valence-electron chi connectivity index (χ0n) is 42.1. The second-order valence-electron chi connectivity index (χ2n) is 18.5. The summed E-state index contributed by atoms with van der Waals surface area (Å²) in [5.74, 6) is -0.294. The summed E-state index contributed by atoms with van der Waals surface area (Å²) in [5, 5.41) is 11.4. The highest BCUT2D eigenvalue weighted by Crippen LogP contribution is 2.37. The Morgan fingerprint density at radius 1 is 0.800 bits per heavy atom. The maximum absolute atomic E-state index is 14.4. The summed E-state index contributed by atoms with van der Waals surface area (Å²) in [4.78, 5) is 108. The van der Waals surface area contributed by atoms with Crippen LogP contribution >= 0.6 is 0 Å². The number of carbonyl (C=O) groups is 7. The fourth-order valence-electron chi connectivity index (χ4n) is 9.42. The number of rotatable bonds is 20. The molecule has 4 aromatic carbocycles. The first-order chi connectivity index (χ1) is 36.4. The van der Waals surface area contributed by atoms with Gasteiger partial charge in [0.15, 0.2) is 0 Å². The molecular weight excluding hydrogens is 963 g/mol. The summed E-state index contributed by atoms with van der Waals surface area (Å²) >= 11 is 0. The van der Waals surface area contributed by atoms with Crippen LogP contribution in [-0.4, -0.2) is 127 Å². The van der Waals surface area contributed by atoms with Crippen LogP contribution in [0.2, 0.25) is 0 Å². The fourth-order valence-corrected chi connectivity index (χ4v) is 9.42. The van der Waals surface area contributed by atoms with Crippen LogP contribution in [0, 0.1) is 0 Å². The molecule has 9 rings (SSSR count). The zero-order chi connectivity index (χ0) is 52.6. The molecule has 1 atom stereocenters. The van der Waals surface area contributed by atoms with Gasteiger partial charge in [-0.25, -0.2) is 9.78 Å². The van der Waals surface area contributed by atoms with E-state index in [9.17, 15) is 33.6 Å². The number of piperidine rings is 1. The molecule has 0 aliphatic carbocycles. The van der Waals surface area contributed by atoms with E-state index < -0.39 is 29.7 Å². The van der Waals surface area contributed by atoms with Crippen molar-refractivity contribution in [3.8, 4) is 17.2 Å². The first-order valence-electron chi connectivity index (χ1n) is 25.0. The maximum atomic E-state index is 14.4. The number of aromatic nitrogens is 2. The van der Waals surface area contributed by atoms with Crippen molar-refractivity contribution in [1.82, 2.24) is 30.4 Å². The molecule has 4 aliphatic rings.